The number of nitrogens with zero attached hydrogens (tertiary/aromatic N) is 4. The van der Waals surface area contributed by atoms with Gasteiger partial charge in [-0.2, -0.15) is 0 Å². The fraction of sp³-hybridized carbons (Fsp3) is 0.591. The standard InChI is InChI=1S/C22H33N5O/c1-25-10-5-11-27(15-14-25)21-16-19(23-17-8-12-26(2)13-9-17)18-6-4-7-20(28-3)22(18)24-21/h4,6-7,16-17H,5,8-15H2,1-3H3,(H,23,24). The van der Waals surface area contributed by atoms with Crippen LogP contribution in [0.2, 0.25) is 0 Å². The van der Waals surface area contributed by atoms with Crippen LogP contribution in [0.5, 0.6) is 5.75 Å². The van der Waals surface area contributed by atoms with E-state index >= 15 is 0 Å². The van der Waals surface area contributed by atoms with Crippen molar-refractivity contribution in [2.24, 2.45) is 0 Å². The first-order chi connectivity index (χ1) is 13.6. The van der Waals surface area contributed by atoms with Crippen LogP contribution >= 0.6 is 0 Å². The van der Waals surface area contributed by atoms with Crippen LogP contribution in [-0.2, 0) is 0 Å². The van der Waals surface area contributed by atoms with Gasteiger partial charge in [0.2, 0.25) is 0 Å². The fourth-order valence-corrected chi connectivity index (χ4v) is 4.30. The van der Waals surface area contributed by atoms with Gasteiger partial charge in [-0.25, -0.2) is 4.98 Å². The Kier molecular flexibility index (Phi) is 5.87. The Hall–Kier alpha value is -2.05. The third-order valence-electron chi connectivity index (χ3n) is 6.13. The molecule has 0 unspecified atom stereocenters. The Morgan fingerprint density at radius 1 is 1.00 bits per heavy atom. The molecule has 0 radical (unpaired) electrons. The molecule has 2 aliphatic heterocycles. The zero-order valence-corrected chi connectivity index (χ0v) is 17.4. The number of benzene rings is 1. The average Bonchev–Trinajstić information content (AvgIpc) is 2.93. The van der Waals surface area contributed by atoms with Crippen molar-refractivity contribution in [2.45, 2.75) is 25.3 Å². The number of anilines is 2. The second-order valence-electron chi connectivity index (χ2n) is 8.25. The number of methoxy groups -OCH3 is 1. The van der Waals surface area contributed by atoms with Crippen molar-refractivity contribution in [1.29, 1.82) is 0 Å². The topological polar surface area (TPSA) is 43.9 Å². The lowest BCUT2D eigenvalue weighted by molar-refractivity contribution is 0.264. The van der Waals surface area contributed by atoms with Crippen LogP contribution < -0.4 is 15.0 Å². The maximum Gasteiger partial charge on any atom is 0.145 e. The Labute approximate surface area is 168 Å². The highest BCUT2D eigenvalue weighted by molar-refractivity contribution is 5.96. The predicted octanol–water partition coefficient (Wildman–Crippen LogP) is 2.89. The summed E-state index contributed by atoms with van der Waals surface area (Å²) in [5.41, 5.74) is 2.14. The number of likely N-dealkylation sites (tertiary alicyclic amines) is 1. The molecule has 0 aliphatic carbocycles. The number of pyridine rings is 1. The summed E-state index contributed by atoms with van der Waals surface area (Å²) in [6.45, 7) is 6.57. The molecule has 2 aliphatic rings. The second kappa shape index (κ2) is 8.53. The quantitative estimate of drug-likeness (QED) is 0.876. The summed E-state index contributed by atoms with van der Waals surface area (Å²) < 4.78 is 5.65. The number of aromatic nitrogens is 1. The molecule has 1 N–H and O–H groups in total. The lowest BCUT2D eigenvalue weighted by Gasteiger charge is -2.31. The SMILES string of the molecule is COc1cccc2c(NC3CCN(C)CC3)cc(N3CCCN(C)CC3)nc12. The molecule has 2 aromatic rings. The lowest BCUT2D eigenvalue weighted by Crippen LogP contribution is -2.36. The average molecular weight is 384 g/mol. The molecule has 6 nitrogen and oxygen atoms in total. The van der Waals surface area contributed by atoms with Crippen LogP contribution in [0.1, 0.15) is 19.3 Å². The Balaban J connectivity index is 1.69. The fourth-order valence-electron chi connectivity index (χ4n) is 4.30. The normalized spacial score (nSPS) is 20.3. The smallest absolute Gasteiger partial charge is 0.145 e. The third-order valence-corrected chi connectivity index (χ3v) is 6.13. The van der Waals surface area contributed by atoms with Gasteiger partial charge in [-0.05, 0) is 59.1 Å². The van der Waals surface area contributed by atoms with E-state index in [1.54, 1.807) is 7.11 Å². The summed E-state index contributed by atoms with van der Waals surface area (Å²) in [6.07, 6.45) is 3.52. The van der Waals surface area contributed by atoms with Crippen LogP contribution in [0, 0.1) is 0 Å². The minimum Gasteiger partial charge on any atom is -0.494 e. The molecular formula is C22H33N5O. The van der Waals surface area contributed by atoms with Crippen molar-refractivity contribution in [1.82, 2.24) is 14.8 Å². The van der Waals surface area contributed by atoms with Gasteiger partial charge >= 0.3 is 0 Å². The van der Waals surface area contributed by atoms with E-state index in [1.165, 1.54) is 24.9 Å². The van der Waals surface area contributed by atoms with Crippen LogP contribution in [0.4, 0.5) is 11.5 Å². The highest BCUT2D eigenvalue weighted by atomic mass is 16.5. The number of hydrogen-bond donors (Lipinski definition) is 1. The molecule has 0 atom stereocenters. The van der Waals surface area contributed by atoms with Gasteiger partial charge in [0.1, 0.15) is 17.1 Å². The molecule has 6 heteroatoms. The first kappa shape index (κ1) is 19.3. The van der Waals surface area contributed by atoms with E-state index in [-0.39, 0.29) is 0 Å². The highest BCUT2D eigenvalue weighted by Gasteiger charge is 2.20. The number of likely N-dealkylation sites (N-methyl/N-ethyl adjacent to an activating group) is 1. The maximum absolute atomic E-state index is 5.65. The molecular weight excluding hydrogens is 350 g/mol. The molecule has 0 bridgehead atoms. The molecule has 0 saturated carbocycles. The number of hydrogen-bond acceptors (Lipinski definition) is 6. The first-order valence-corrected chi connectivity index (χ1v) is 10.5. The van der Waals surface area contributed by atoms with Gasteiger partial charge in [0.15, 0.2) is 0 Å². The van der Waals surface area contributed by atoms with E-state index in [0.717, 1.165) is 61.7 Å². The van der Waals surface area contributed by atoms with Crippen LogP contribution in [0.25, 0.3) is 10.9 Å². The minimum atomic E-state index is 0.510. The van der Waals surface area contributed by atoms with E-state index in [4.69, 9.17) is 9.72 Å². The maximum atomic E-state index is 5.65. The van der Waals surface area contributed by atoms with Crippen LogP contribution in [0.3, 0.4) is 0 Å². The monoisotopic (exact) mass is 383 g/mol. The molecule has 2 fully saturated rings. The van der Waals surface area contributed by atoms with Gasteiger partial charge in [0.05, 0.1) is 7.11 Å². The van der Waals surface area contributed by atoms with Crippen molar-refractivity contribution < 1.29 is 4.74 Å². The van der Waals surface area contributed by atoms with Crippen molar-refractivity contribution >= 4 is 22.4 Å². The molecule has 3 heterocycles. The number of rotatable bonds is 4. The number of piperidine rings is 1. The number of fused-ring (bicyclic) bond motifs is 1. The van der Waals surface area contributed by atoms with E-state index in [2.05, 4.69) is 52.3 Å². The van der Waals surface area contributed by atoms with Crippen LogP contribution in [0.15, 0.2) is 24.3 Å². The molecule has 1 aromatic carbocycles. The van der Waals surface area contributed by atoms with Gasteiger partial charge in [0.25, 0.3) is 0 Å². The molecule has 1 aromatic heterocycles. The molecule has 4 rings (SSSR count). The van der Waals surface area contributed by atoms with E-state index in [0.29, 0.717) is 6.04 Å². The van der Waals surface area contributed by atoms with E-state index in [1.807, 2.05) is 6.07 Å². The van der Waals surface area contributed by atoms with Crippen molar-refractivity contribution in [2.75, 3.05) is 70.7 Å². The highest BCUT2D eigenvalue weighted by Crippen LogP contribution is 2.34. The minimum absolute atomic E-state index is 0.510. The summed E-state index contributed by atoms with van der Waals surface area (Å²) >= 11 is 0. The summed E-state index contributed by atoms with van der Waals surface area (Å²) in [4.78, 5) is 12.3. The summed E-state index contributed by atoms with van der Waals surface area (Å²) in [7, 11) is 6.14. The number of ether oxygens (including phenoxy) is 1. The number of para-hydroxylation sites is 1. The van der Waals surface area contributed by atoms with Gasteiger partial charge in [-0.15, -0.1) is 0 Å². The van der Waals surface area contributed by atoms with E-state index in [9.17, 15) is 0 Å². The van der Waals surface area contributed by atoms with Crippen molar-refractivity contribution in [3.05, 3.63) is 24.3 Å². The predicted molar refractivity (Wildman–Crippen MR) is 117 cm³/mol. The van der Waals surface area contributed by atoms with Gasteiger partial charge in [-0.1, -0.05) is 12.1 Å². The van der Waals surface area contributed by atoms with E-state index < -0.39 is 0 Å². The largest absolute Gasteiger partial charge is 0.494 e. The Morgan fingerprint density at radius 3 is 2.57 bits per heavy atom. The third kappa shape index (κ3) is 4.18. The Morgan fingerprint density at radius 2 is 1.79 bits per heavy atom. The molecule has 2 saturated heterocycles. The molecule has 0 amide bonds. The summed E-state index contributed by atoms with van der Waals surface area (Å²) in [5.74, 6) is 1.90. The van der Waals surface area contributed by atoms with Gasteiger partial charge < -0.3 is 24.8 Å². The molecule has 152 valence electrons. The van der Waals surface area contributed by atoms with Crippen molar-refractivity contribution in [3.8, 4) is 5.75 Å². The number of nitrogens with one attached hydrogen (secondary N) is 1. The summed E-state index contributed by atoms with van der Waals surface area (Å²) in [5, 5.41) is 4.99. The Bertz CT molecular complexity index is 803. The van der Waals surface area contributed by atoms with Crippen LogP contribution in [-0.4, -0.2) is 81.3 Å². The zero-order chi connectivity index (χ0) is 19.5. The lowest BCUT2D eigenvalue weighted by atomic mass is 10.0. The zero-order valence-electron chi connectivity index (χ0n) is 17.4. The van der Waals surface area contributed by atoms with Gasteiger partial charge in [-0.3, -0.25) is 0 Å². The van der Waals surface area contributed by atoms with Gasteiger partial charge in [0, 0.05) is 42.8 Å². The molecule has 0 spiro atoms. The second-order valence-corrected chi connectivity index (χ2v) is 8.25. The first-order valence-electron chi connectivity index (χ1n) is 10.5. The molecule has 28 heavy (non-hydrogen) atoms. The van der Waals surface area contributed by atoms with Crippen molar-refractivity contribution in [3.63, 3.8) is 0 Å². The summed E-state index contributed by atoms with van der Waals surface area (Å²) in [6, 6.07) is 8.99.